The summed E-state index contributed by atoms with van der Waals surface area (Å²) in [7, 11) is 1.97. The molecule has 84 valence electrons. The molecule has 0 aliphatic carbocycles. The van der Waals surface area contributed by atoms with Crippen molar-refractivity contribution in [3.8, 4) is 5.75 Å². The second kappa shape index (κ2) is 5.76. The normalized spacial score (nSPS) is 14.7. The van der Waals surface area contributed by atoms with Gasteiger partial charge < -0.3 is 10.1 Å². The van der Waals surface area contributed by atoms with Gasteiger partial charge >= 0.3 is 0 Å². The molecule has 0 spiro atoms. The van der Waals surface area contributed by atoms with Crippen LogP contribution in [0.25, 0.3) is 0 Å². The Bertz CT molecular complexity index is 298. The van der Waals surface area contributed by atoms with E-state index >= 15 is 0 Å². The predicted molar refractivity (Wildman–Crippen MR) is 64.3 cm³/mol. The fraction of sp³-hybridized carbons (Fsp3) is 0.538. The standard InChI is InChI=1S/C13H21NO/c1-5-10(2)15-13-8-6-7-12(9-13)11(3)14-4/h6-11,14H,5H2,1-4H3/t10-,11+/m0/s1. The summed E-state index contributed by atoms with van der Waals surface area (Å²) >= 11 is 0. The van der Waals surface area contributed by atoms with Crippen LogP contribution in [-0.4, -0.2) is 13.2 Å². The van der Waals surface area contributed by atoms with Crippen molar-refractivity contribution in [1.82, 2.24) is 5.32 Å². The molecule has 0 saturated heterocycles. The summed E-state index contributed by atoms with van der Waals surface area (Å²) in [5, 5.41) is 3.22. The van der Waals surface area contributed by atoms with E-state index in [4.69, 9.17) is 4.74 Å². The molecule has 15 heavy (non-hydrogen) atoms. The molecule has 0 amide bonds. The minimum absolute atomic E-state index is 0.283. The molecule has 0 aliphatic rings. The Balaban J connectivity index is 2.74. The lowest BCUT2D eigenvalue weighted by Gasteiger charge is -2.15. The molecule has 1 N–H and O–H groups in total. The Labute approximate surface area is 92.6 Å². The average Bonchev–Trinajstić information content (AvgIpc) is 2.28. The maximum Gasteiger partial charge on any atom is 0.120 e. The van der Waals surface area contributed by atoms with Gasteiger partial charge in [-0.25, -0.2) is 0 Å². The van der Waals surface area contributed by atoms with Gasteiger partial charge in [-0.2, -0.15) is 0 Å². The van der Waals surface area contributed by atoms with Crippen LogP contribution < -0.4 is 10.1 Å². The first-order valence-electron chi connectivity index (χ1n) is 5.61. The highest BCUT2D eigenvalue weighted by Crippen LogP contribution is 2.20. The van der Waals surface area contributed by atoms with E-state index in [-0.39, 0.29) is 6.10 Å². The van der Waals surface area contributed by atoms with Gasteiger partial charge in [0.2, 0.25) is 0 Å². The van der Waals surface area contributed by atoms with Crippen LogP contribution in [0.2, 0.25) is 0 Å². The van der Waals surface area contributed by atoms with Gasteiger partial charge in [-0.05, 0) is 45.0 Å². The van der Waals surface area contributed by atoms with Crippen LogP contribution in [0.4, 0.5) is 0 Å². The first-order chi connectivity index (χ1) is 7.17. The Morgan fingerprint density at radius 2 is 2.07 bits per heavy atom. The van der Waals surface area contributed by atoms with E-state index in [1.165, 1.54) is 5.56 Å². The van der Waals surface area contributed by atoms with Crippen molar-refractivity contribution in [2.24, 2.45) is 0 Å². The fourth-order valence-corrected chi connectivity index (χ4v) is 1.34. The van der Waals surface area contributed by atoms with Gasteiger partial charge in [0.1, 0.15) is 5.75 Å². The minimum atomic E-state index is 0.283. The number of nitrogens with one attached hydrogen (secondary N) is 1. The maximum atomic E-state index is 5.77. The molecule has 1 aromatic rings. The number of rotatable bonds is 5. The lowest BCUT2D eigenvalue weighted by atomic mass is 10.1. The highest BCUT2D eigenvalue weighted by molar-refractivity contribution is 5.30. The second-order valence-electron chi connectivity index (χ2n) is 3.92. The summed E-state index contributed by atoms with van der Waals surface area (Å²) in [6, 6.07) is 8.64. The van der Waals surface area contributed by atoms with Crippen molar-refractivity contribution in [2.75, 3.05) is 7.05 Å². The Morgan fingerprint density at radius 3 is 2.67 bits per heavy atom. The Kier molecular flexibility index (Phi) is 4.63. The largest absolute Gasteiger partial charge is 0.491 e. The van der Waals surface area contributed by atoms with Crippen LogP contribution in [0.15, 0.2) is 24.3 Å². The van der Waals surface area contributed by atoms with Gasteiger partial charge in [-0.3, -0.25) is 0 Å². The summed E-state index contributed by atoms with van der Waals surface area (Å²) in [6.45, 7) is 6.36. The number of hydrogen-bond acceptors (Lipinski definition) is 2. The molecule has 2 atom stereocenters. The minimum Gasteiger partial charge on any atom is -0.491 e. The molecular formula is C13H21NO. The first kappa shape index (κ1) is 12.1. The Hall–Kier alpha value is -1.02. The highest BCUT2D eigenvalue weighted by atomic mass is 16.5. The van der Waals surface area contributed by atoms with Crippen molar-refractivity contribution in [3.63, 3.8) is 0 Å². The van der Waals surface area contributed by atoms with Gasteiger partial charge in [0, 0.05) is 6.04 Å². The molecule has 0 radical (unpaired) electrons. The monoisotopic (exact) mass is 207 g/mol. The van der Waals surface area contributed by atoms with Crippen LogP contribution in [-0.2, 0) is 0 Å². The molecule has 2 nitrogen and oxygen atoms in total. The summed E-state index contributed by atoms with van der Waals surface area (Å²) in [5.41, 5.74) is 1.26. The van der Waals surface area contributed by atoms with Gasteiger partial charge in [0.05, 0.1) is 6.10 Å². The lowest BCUT2D eigenvalue weighted by molar-refractivity contribution is 0.217. The van der Waals surface area contributed by atoms with Crippen LogP contribution >= 0.6 is 0 Å². The SMILES string of the molecule is CC[C@H](C)Oc1cccc([C@@H](C)NC)c1. The zero-order valence-electron chi connectivity index (χ0n) is 10.1. The van der Waals surface area contributed by atoms with Crippen LogP contribution in [0.5, 0.6) is 5.75 Å². The number of ether oxygens (including phenoxy) is 1. The van der Waals surface area contributed by atoms with Crippen LogP contribution in [0, 0.1) is 0 Å². The molecule has 1 aromatic carbocycles. The Morgan fingerprint density at radius 1 is 1.33 bits per heavy atom. The van der Waals surface area contributed by atoms with Gasteiger partial charge in [-0.15, -0.1) is 0 Å². The van der Waals surface area contributed by atoms with E-state index in [9.17, 15) is 0 Å². The van der Waals surface area contributed by atoms with E-state index in [1.807, 2.05) is 19.2 Å². The summed E-state index contributed by atoms with van der Waals surface area (Å²) in [6.07, 6.45) is 1.32. The summed E-state index contributed by atoms with van der Waals surface area (Å²) < 4.78 is 5.77. The van der Waals surface area contributed by atoms with Gasteiger partial charge in [0.25, 0.3) is 0 Å². The zero-order valence-corrected chi connectivity index (χ0v) is 10.1. The number of hydrogen-bond donors (Lipinski definition) is 1. The number of benzene rings is 1. The van der Waals surface area contributed by atoms with Gasteiger partial charge in [-0.1, -0.05) is 19.1 Å². The topological polar surface area (TPSA) is 21.3 Å². The van der Waals surface area contributed by atoms with E-state index in [0.717, 1.165) is 12.2 Å². The first-order valence-corrected chi connectivity index (χ1v) is 5.61. The predicted octanol–water partition coefficient (Wildman–Crippen LogP) is 3.14. The van der Waals surface area contributed by atoms with Crippen molar-refractivity contribution in [2.45, 2.75) is 39.3 Å². The maximum absolute atomic E-state index is 5.77. The molecular weight excluding hydrogens is 186 g/mol. The van der Waals surface area contributed by atoms with Crippen molar-refractivity contribution in [3.05, 3.63) is 29.8 Å². The zero-order chi connectivity index (χ0) is 11.3. The second-order valence-corrected chi connectivity index (χ2v) is 3.92. The van der Waals surface area contributed by atoms with E-state index in [2.05, 4.69) is 38.2 Å². The van der Waals surface area contributed by atoms with Gasteiger partial charge in [0.15, 0.2) is 0 Å². The van der Waals surface area contributed by atoms with Crippen LogP contribution in [0.1, 0.15) is 38.8 Å². The highest BCUT2D eigenvalue weighted by Gasteiger charge is 2.05. The molecule has 2 heteroatoms. The summed E-state index contributed by atoms with van der Waals surface area (Å²) in [4.78, 5) is 0. The smallest absolute Gasteiger partial charge is 0.120 e. The van der Waals surface area contributed by atoms with Crippen molar-refractivity contribution in [1.29, 1.82) is 0 Å². The van der Waals surface area contributed by atoms with E-state index < -0.39 is 0 Å². The molecule has 0 bridgehead atoms. The van der Waals surface area contributed by atoms with Crippen molar-refractivity contribution >= 4 is 0 Å². The summed E-state index contributed by atoms with van der Waals surface area (Å²) in [5.74, 6) is 0.962. The molecule has 0 aliphatic heterocycles. The van der Waals surface area contributed by atoms with E-state index in [0.29, 0.717) is 6.04 Å². The fourth-order valence-electron chi connectivity index (χ4n) is 1.34. The lowest BCUT2D eigenvalue weighted by Crippen LogP contribution is -2.13. The molecule has 0 aromatic heterocycles. The van der Waals surface area contributed by atoms with Crippen molar-refractivity contribution < 1.29 is 4.74 Å². The molecule has 1 rings (SSSR count). The molecule has 0 unspecified atom stereocenters. The third kappa shape index (κ3) is 3.56. The van der Waals surface area contributed by atoms with Crippen LogP contribution in [0.3, 0.4) is 0 Å². The quantitative estimate of drug-likeness (QED) is 0.801. The molecule has 0 heterocycles. The average molecular weight is 207 g/mol. The van der Waals surface area contributed by atoms with E-state index in [1.54, 1.807) is 0 Å². The molecule has 0 fully saturated rings. The third-order valence-corrected chi connectivity index (χ3v) is 2.70. The third-order valence-electron chi connectivity index (χ3n) is 2.70. The molecule has 0 saturated carbocycles.